The van der Waals surface area contributed by atoms with Gasteiger partial charge >= 0.3 is 6.03 Å². The average Bonchev–Trinajstić information content (AvgIpc) is 2.93. The number of anilines is 1. The average molecular weight is 290 g/mol. The Labute approximate surface area is 125 Å². The Bertz CT molecular complexity index is 502. The fourth-order valence-electron chi connectivity index (χ4n) is 2.24. The third-order valence-electron chi connectivity index (χ3n) is 3.29. The second-order valence-electron chi connectivity index (χ2n) is 5.14. The van der Waals surface area contributed by atoms with Crippen LogP contribution in [0.2, 0.25) is 0 Å². The molecule has 114 valence electrons. The van der Waals surface area contributed by atoms with Crippen LogP contribution in [0.3, 0.4) is 0 Å². The summed E-state index contributed by atoms with van der Waals surface area (Å²) in [6.45, 7) is 2.82. The number of urea groups is 1. The van der Waals surface area contributed by atoms with Gasteiger partial charge in [-0.1, -0.05) is 25.1 Å². The van der Waals surface area contributed by atoms with Crippen LogP contribution in [-0.2, 0) is 0 Å². The smallest absolute Gasteiger partial charge is 0.319 e. The van der Waals surface area contributed by atoms with Crippen molar-refractivity contribution in [2.24, 2.45) is 5.92 Å². The maximum absolute atomic E-state index is 11.9. The summed E-state index contributed by atoms with van der Waals surface area (Å²) in [4.78, 5) is 11.9. The van der Waals surface area contributed by atoms with Crippen molar-refractivity contribution in [3.8, 4) is 5.75 Å². The highest BCUT2D eigenvalue weighted by Crippen LogP contribution is 2.19. The van der Waals surface area contributed by atoms with E-state index in [1.807, 2.05) is 37.3 Å². The van der Waals surface area contributed by atoms with Crippen molar-refractivity contribution in [2.45, 2.75) is 25.8 Å². The Balaban J connectivity index is 1.84. The van der Waals surface area contributed by atoms with Gasteiger partial charge in [-0.3, -0.25) is 0 Å². The van der Waals surface area contributed by atoms with Gasteiger partial charge in [0.15, 0.2) is 0 Å². The molecule has 3 N–H and O–H groups in total. The minimum Gasteiger partial charge on any atom is -0.494 e. The highest BCUT2D eigenvalue weighted by Gasteiger charge is 2.19. The molecule has 0 bridgehead atoms. The minimum absolute atomic E-state index is 0.0262. The van der Waals surface area contributed by atoms with Gasteiger partial charge in [0, 0.05) is 30.3 Å². The van der Waals surface area contributed by atoms with Gasteiger partial charge in [-0.2, -0.15) is 0 Å². The van der Waals surface area contributed by atoms with E-state index in [4.69, 9.17) is 9.84 Å². The third kappa shape index (κ3) is 4.79. The van der Waals surface area contributed by atoms with Crippen LogP contribution in [0.1, 0.15) is 19.8 Å². The first-order chi connectivity index (χ1) is 10.2. The molecular weight excluding hydrogens is 268 g/mol. The first kappa shape index (κ1) is 15.4. The van der Waals surface area contributed by atoms with E-state index in [1.54, 1.807) is 6.07 Å². The molecule has 0 saturated carbocycles. The summed E-state index contributed by atoms with van der Waals surface area (Å²) in [5.74, 6) is 0.886. The molecule has 0 saturated heterocycles. The van der Waals surface area contributed by atoms with E-state index in [9.17, 15) is 4.79 Å². The minimum atomic E-state index is -0.254. The summed E-state index contributed by atoms with van der Waals surface area (Å²) in [5, 5.41) is 14.7. The summed E-state index contributed by atoms with van der Waals surface area (Å²) in [5.41, 5.74) is 0.696. The van der Waals surface area contributed by atoms with Gasteiger partial charge in [0.1, 0.15) is 5.75 Å². The molecule has 21 heavy (non-hydrogen) atoms. The number of carbonyl (C=O) groups is 1. The van der Waals surface area contributed by atoms with Crippen LogP contribution in [0.4, 0.5) is 10.5 Å². The van der Waals surface area contributed by atoms with Gasteiger partial charge in [0.2, 0.25) is 0 Å². The number of ether oxygens (including phenoxy) is 1. The Morgan fingerprint density at radius 1 is 1.43 bits per heavy atom. The van der Waals surface area contributed by atoms with Gasteiger partial charge in [-0.15, -0.1) is 0 Å². The monoisotopic (exact) mass is 290 g/mol. The van der Waals surface area contributed by atoms with Crippen molar-refractivity contribution in [3.63, 3.8) is 0 Å². The maximum Gasteiger partial charge on any atom is 0.319 e. The van der Waals surface area contributed by atoms with Gasteiger partial charge in [0.25, 0.3) is 0 Å². The highest BCUT2D eigenvalue weighted by atomic mass is 16.5. The molecule has 1 aliphatic carbocycles. The van der Waals surface area contributed by atoms with E-state index in [0.717, 1.165) is 18.6 Å². The van der Waals surface area contributed by atoms with Gasteiger partial charge in [0.05, 0.1) is 6.61 Å². The molecule has 5 nitrogen and oxygen atoms in total. The lowest BCUT2D eigenvalue weighted by Crippen LogP contribution is -2.36. The van der Waals surface area contributed by atoms with Crippen molar-refractivity contribution >= 4 is 11.7 Å². The molecule has 0 aromatic heterocycles. The molecule has 0 heterocycles. The zero-order chi connectivity index (χ0) is 15.1. The molecule has 2 amide bonds. The Hall–Kier alpha value is -2.01. The number of carbonyl (C=O) groups excluding carboxylic acids is 1. The topological polar surface area (TPSA) is 70.6 Å². The zero-order valence-corrected chi connectivity index (χ0v) is 12.2. The second kappa shape index (κ2) is 7.69. The van der Waals surface area contributed by atoms with E-state index in [1.165, 1.54) is 0 Å². The molecular formula is C16H22N2O3. The lowest BCUT2D eigenvalue weighted by molar-refractivity contribution is 0.238. The summed E-state index contributed by atoms with van der Waals surface area (Å²) in [6.07, 6.45) is 5.53. The van der Waals surface area contributed by atoms with Gasteiger partial charge in [-0.25, -0.2) is 4.79 Å². The molecule has 0 radical (unpaired) electrons. The number of aliphatic hydroxyl groups excluding tert-OH is 1. The number of rotatable bonds is 6. The molecule has 1 aromatic carbocycles. The Morgan fingerprint density at radius 3 is 3.00 bits per heavy atom. The van der Waals surface area contributed by atoms with E-state index >= 15 is 0 Å². The summed E-state index contributed by atoms with van der Waals surface area (Å²) < 4.78 is 5.53. The molecule has 1 aliphatic rings. The summed E-state index contributed by atoms with van der Waals surface area (Å²) in [6, 6.07) is 7.05. The van der Waals surface area contributed by atoms with E-state index in [2.05, 4.69) is 10.6 Å². The molecule has 0 fully saturated rings. The first-order valence-corrected chi connectivity index (χ1v) is 7.31. The normalized spacial score (nSPS) is 20.3. The van der Waals surface area contributed by atoms with Crippen molar-refractivity contribution in [1.29, 1.82) is 0 Å². The van der Waals surface area contributed by atoms with Crippen LogP contribution in [0.25, 0.3) is 0 Å². The van der Waals surface area contributed by atoms with Crippen molar-refractivity contribution in [2.75, 3.05) is 18.5 Å². The van der Waals surface area contributed by atoms with E-state index in [0.29, 0.717) is 12.3 Å². The maximum atomic E-state index is 11.9. The highest BCUT2D eigenvalue weighted by molar-refractivity contribution is 5.89. The van der Waals surface area contributed by atoms with Gasteiger partial charge in [-0.05, 0) is 25.0 Å². The first-order valence-electron chi connectivity index (χ1n) is 7.31. The van der Waals surface area contributed by atoms with Gasteiger partial charge < -0.3 is 20.5 Å². The standard InChI is InChI=1S/C16H22N2O3/c1-2-8-21-15-5-3-4-13(10-15)17-16(20)18-14-7-6-12(9-14)11-19/h3-7,10,12,14,19H,2,8-9,11H2,1H3,(H2,17,18,20)/t12-,14+/m0/s1. The lowest BCUT2D eigenvalue weighted by atomic mass is 10.1. The van der Waals surface area contributed by atoms with Crippen LogP contribution in [-0.4, -0.2) is 30.4 Å². The van der Waals surface area contributed by atoms with Crippen LogP contribution in [0.15, 0.2) is 36.4 Å². The van der Waals surface area contributed by atoms with E-state index in [-0.39, 0.29) is 24.6 Å². The number of benzene rings is 1. The van der Waals surface area contributed by atoms with Crippen LogP contribution < -0.4 is 15.4 Å². The van der Waals surface area contributed by atoms with Crippen LogP contribution in [0.5, 0.6) is 5.75 Å². The molecule has 0 spiro atoms. The second-order valence-corrected chi connectivity index (χ2v) is 5.14. The molecule has 2 rings (SSSR count). The van der Waals surface area contributed by atoms with Crippen molar-refractivity contribution in [3.05, 3.63) is 36.4 Å². The SMILES string of the molecule is CCCOc1cccc(NC(=O)N[C@@H]2C=C[C@H](CO)C2)c1. The van der Waals surface area contributed by atoms with Crippen LogP contribution in [0, 0.1) is 5.92 Å². The fraction of sp³-hybridized carbons (Fsp3) is 0.438. The van der Waals surface area contributed by atoms with Crippen molar-refractivity contribution in [1.82, 2.24) is 5.32 Å². The predicted octanol–water partition coefficient (Wildman–Crippen LogP) is 2.53. The number of hydrogen-bond acceptors (Lipinski definition) is 3. The molecule has 1 aromatic rings. The lowest BCUT2D eigenvalue weighted by Gasteiger charge is -2.14. The summed E-state index contributed by atoms with van der Waals surface area (Å²) >= 11 is 0. The number of hydrogen-bond donors (Lipinski definition) is 3. The van der Waals surface area contributed by atoms with Crippen LogP contribution >= 0.6 is 0 Å². The Kier molecular flexibility index (Phi) is 5.63. The fourth-order valence-corrected chi connectivity index (χ4v) is 2.24. The molecule has 0 aliphatic heterocycles. The number of nitrogens with one attached hydrogen (secondary N) is 2. The zero-order valence-electron chi connectivity index (χ0n) is 12.2. The number of aliphatic hydroxyl groups is 1. The Morgan fingerprint density at radius 2 is 2.29 bits per heavy atom. The number of amides is 2. The van der Waals surface area contributed by atoms with Crippen molar-refractivity contribution < 1.29 is 14.6 Å². The third-order valence-corrected chi connectivity index (χ3v) is 3.29. The summed E-state index contributed by atoms with van der Waals surface area (Å²) in [7, 11) is 0. The molecule has 0 unspecified atom stereocenters. The molecule has 5 heteroatoms. The quantitative estimate of drug-likeness (QED) is 0.705. The predicted molar refractivity (Wildman–Crippen MR) is 82.5 cm³/mol. The van der Waals surface area contributed by atoms with E-state index < -0.39 is 0 Å². The largest absolute Gasteiger partial charge is 0.494 e. The molecule has 2 atom stereocenters.